The lowest BCUT2D eigenvalue weighted by Crippen LogP contribution is -2.31. The molecule has 1 saturated heterocycles. The maximum absolute atomic E-state index is 12.5. The largest absolute Gasteiger partial charge is 0.493 e. The third kappa shape index (κ3) is 3.41. The fourth-order valence-corrected chi connectivity index (χ4v) is 5.20. The van der Waals surface area contributed by atoms with Gasteiger partial charge in [0.05, 0.1) is 17.7 Å². The van der Waals surface area contributed by atoms with Gasteiger partial charge in [-0.3, -0.25) is 19.4 Å². The molecule has 30 heavy (non-hydrogen) atoms. The topological polar surface area (TPSA) is 49.9 Å². The first-order valence-electron chi connectivity index (χ1n) is 11.2. The zero-order chi connectivity index (χ0) is 20.5. The molecular formula is C25H28N2O3. The Morgan fingerprint density at radius 3 is 2.37 bits per heavy atom. The van der Waals surface area contributed by atoms with Crippen LogP contribution < -0.4 is 4.74 Å². The van der Waals surface area contributed by atoms with E-state index in [1.165, 1.54) is 54.8 Å². The Morgan fingerprint density at radius 2 is 1.63 bits per heavy atom. The van der Waals surface area contributed by atoms with Crippen molar-refractivity contribution in [3.05, 3.63) is 64.7 Å². The molecule has 0 N–H and O–H groups in total. The summed E-state index contributed by atoms with van der Waals surface area (Å²) >= 11 is 0. The molecular weight excluding hydrogens is 376 g/mol. The summed E-state index contributed by atoms with van der Waals surface area (Å²) in [6.45, 7) is 3.29. The van der Waals surface area contributed by atoms with Gasteiger partial charge in [-0.1, -0.05) is 24.3 Å². The smallest absolute Gasteiger partial charge is 0.261 e. The van der Waals surface area contributed by atoms with Crippen molar-refractivity contribution in [2.75, 3.05) is 26.2 Å². The Hall–Kier alpha value is -2.66. The van der Waals surface area contributed by atoms with Crippen LogP contribution in [0.25, 0.3) is 0 Å². The van der Waals surface area contributed by atoms with Crippen molar-refractivity contribution in [3.8, 4) is 5.75 Å². The fourth-order valence-electron chi connectivity index (χ4n) is 5.20. The molecule has 0 saturated carbocycles. The van der Waals surface area contributed by atoms with Gasteiger partial charge in [-0.15, -0.1) is 0 Å². The summed E-state index contributed by atoms with van der Waals surface area (Å²) in [6, 6.07) is 14.0. The molecule has 5 rings (SSSR count). The van der Waals surface area contributed by atoms with Crippen molar-refractivity contribution < 1.29 is 14.3 Å². The SMILES string of the molecule is O=C1c2ccccc2C(=O)N1CCCOc1cccc2c1CCCC2N1CCCC1. The minimum absolute atomic E-state index is 0.193. The Bertz CT molecular complexity index is 930. The number of carbonyl (C=O) groups excluding carboxylic acids is 2. The number of imide groups is 1. The van der Waals surface area contributed by atoms with Gasteiger partial charge < -0.3 is 4.74 Å². The Labute approximate surface area is 177 Å². The zero-order valence-electron chi connectivity index (χ0n) is 17.3. The molecule has 2 aliphatic heterocycles. The number of amides is 2. The average molecular weight is 405 g/mol. The summed E-state index contributed by atoms with van der Waals surface area (Å²) in [5, 5.41) is 0. The Morgan fingerprint density at radius 1 is 0.900 bits per heavy atom. The number of ether oxygens (including phenoxy) is 1. The number of benzene rings is 2. The van der Waals surface area contributed by atoms with E-state index in [2.05, 4.69) is 23.1 Å². The molecule has 156 valence electrons. The first-order chi connectivity index (χ1) is 14.7. The maximum Gasteiger partial charge on any atom is 0.261 e. The van der Waals surface area contributed by atoms with Gasteiger partial charge in [0.2, 0.25) is 0 Å². The molecule has 0 aromatic heterocycles. The van der Waals surface area contributed by atoms with Crippen LogP contribution in [0, 0.1) is 0 Å². The van der Waals surface area contributed by atoms with Crippen molar-refractivity contribution in [1.82, 2.24) is 9.80 Å². The summed E-state index contributed by atoms with van der Waals surface area (Å²) in [5.74, 6) is 0.584. The van der Waals surface area contributed by atoms with Crippen molar-refractivity contribution >= 4 is 11.8 Å². The number of hydrogen-bond acceptors (Lipinski definition) is 4. The van der Waals surface area contributed by atoms with E-state index in [1.807, 2.05) is 0 Å². The van der Waals surface area contributed by atoms with Crippen LogP contribution in [0.2, 0.25) is 0 Å². The number of rotatable bonds is 6. The van der Waals surface area contributed by atoms with Crippen LogP contribution in [-0.2, 0) is 6.42 Å². The molecule has 2 amide bonds. The van der Waals surface area contributed by atoms with E-state index >= 15 is 0 Å². The quantitative estimate of drug-likeness (QED) is 0.534. The monoisotopic (exact) mass is 404 g/mol. The van der Waals surface area contributed by atoms with E-state index in [1.54, 1.807) is 24.3 Å². The summed E-state index contributed by atoms with van der Waals surface area (Å²) in [7, 11) is 0. The van der Waals surface area contributed by atoms with Gasteiger partial charge in [0.15, 0.2) is 0 Å². The normalized spacial score (nSPS) is 21.1. The van der Waals surface area contributed by atoms with Gasteiger partial charge in [0.1, 0.15) is 5.75 Å². The molecule has 1 fully saturated rings. The predicted molar refractivity (Wildman–Crippen MR) is 115 cm³/mol. The van der Waals surface area contributed by atoms with E-state index in [0.29, 0.717) is 36.7 Å². The van der Waals surface area contributed by atoms with Gasteiger partial charge in [-0.2, -0.15) is 0 Å². The molecule has 0 radical (unpaired) electrons. The number of carbonyl (C=O) groups is 2. The van der Waals surface area contributed by atoms with E-state index in [0.717, 1.165) is 12.2 Å². The van der Waals surface area contributed by atoms with Crippen molar-refractivity contribution in [1.29, 1.82) is 0 Å². The minimum atomic E-state index is -0.193. The lowest BCUT2D eigenvalue weighted by atomic mass is 9.86. The van der Waals surface area contributed by atoms with Crippen LogP contribution in [0.1, 0.15) is 70.0 Å². The number of hydrogen-bond donors (Lipinski definition) is 0. The molecule has 1 aliphatic carbocycles. The molecule has 2 aromatic carbocycles. The minimum Gasteiger partial charge on any atom is -0.493 e. The van der Waals surface area contributed by atoms with E-state index in [4.69, 9.17) is 4.74 Å². The third-order valence-corrected chi connectivity index (χ3v) is 6.68. The highest BCUT2D eigenvalue weighted by atomic mass is 16.5. The Kier molecular flexibility index (Phi) is 5.30. The van der Waals surface area contributed by atoms with Gasteiger partial charge in [-0.05, 0) is 80.9 Å². The van der Waals surface area contributed by atoms with Crippen LogP contribution in [0.4, 0.5) is 0 Å². The molecule has 2 heterocycles. The number of nitrogens with zero attached hydrogens (tertiary/aromatic N) is 2. The number of likely N-dealkylation sites (tertiary alicyclic amines) is 1. The van der Waals surface area contributed by atoms with Gasteiger partial charge >= 0.3 is 0 Å². The van der Waals surface area contributed by atoms with Crippen molar-refractivity contribution in [3.63, 3.8) is 0 Å². The molecule has 5 heteroatoms. The van der Waals surface area contributed by atoms with Crippen LogP contribution in [-0.4, -0.2) is 47.9 Å². The zero-order valence-corrected chi connectivity index (χ0v) is 17.3. The van der Waals surface area contributed by atoms with Crippen LogP contribution >= 0.6 is 0 Å². The highest BCUT2D eigenvalue weighted by molar-refractivity contribution is 6.21. The van der Waals surface area contributed by atoms with Gasteiger partial charge in [0.25, 0.3) is 11.8 Å². The van der Waals surface area contributed by atoms with Crippen LogP contribution in [0.15, 0.2) is 42.5 Å². The fraction of sp³-hybridized carbons (Fsp3) is 0.440. The molecule has 0 spiro atoms. The lowest BCUT2D eigenvalue weighted by Gasteiger charge is -2.33. The standard InChI is InChI=1S/C25H28N2O3/c28-24-20-8-1-2-9-21(20)25(29)27(24)16-7-17-30-23-13-6-10-18-19(23)11-5-12-22(18)26-14-3-4-15-26/h1-2,6,8-10,13,22H,3-5,7,11-12,14-17H2. The van der Waals surface area contributed by atoms with E-state index in [9.17, 15) is 9.59 Å². The number of fused-ring (bicyclic) bond motifs is 2. The van der Waals surface area contributed by atoms with Crippen LogP contribution in [0.3, 0.4) is 0 Å². The highest BCUT2D eigenvalue weighted by Crippen LogP contribution is 2.39. The average Bonchev–Trinajstić information content (AvgIpc) is 3.40. The van der Waals surface area contributed by atoms with E-state index < -0.39 is 0 Å². The molecule has 3 aliphatic rings. The molecule has 5 nitrogen and oxygen atoms in total. The maximum atomic E-state index is 12.5. The van der Waals surface area contributed by atoms with Gasteiger partial charge in [0, 0.05) is 12.6 Å². The van der Waals surface area contributed by atoms with Gasteiger partial charge in [-0.25, -0.2) is 0 Å². The lowest BCUT2D eigenvalue weighted by molar-refractivity contribution is 0.0646. The highest BCUT2D eigenvalue weighted by Gasteiger charge is 2.34. The first-order valence-corrected chi connectivity index (χ1v) is 11.2. The summed E-state index contributed by atoms with van der Waals surface area (Å²) in [4.78, 5) is 28.9. The third-order valence-electron chi connectivity index (χ3n) is 6.68. The second-order valence-corrected chi connectivity index (χ2v) is 8.48. The molecule has 1 unspecified atom stereocenters. The summed E-state index contributed by atoms with van der Waals surface area (Å²) < 4.78 is 6.16. The van der Waals surface area contributed by atoms with Crippen molar-refractivity contribution in [2.45, 2.75) is 44.6 Å². The van der Waals surface area contributed by atoms with Crippen LogP contribution in [0.5, 0.6) is 5.75 Å². The molecule has 1 atom stereocenters. The summed E-state index contributed by atoms with van der Waals surface area (Å²) in [5.41, 5.74) is 3.80. The predicted octanol–water partition coefficient (Wildman–Crippen LogP) is 4.22. The van der Waals surface area contributed by atoms with Crippen molar-refractivity contribution in [2.24, 2.45) is 0 Å². The second-order valence-electron chi connectivity index (χ2n) is 8.48. The second kappa shape index (κ2) is 8.23. The van der Waals surface area contributed by atoms with E-state index in [-0.39, 0.29) is 11.8 Å². The summed E-state index contributed by atoms with van der Waals surface area (Å²) in [6.07, 6.45) is 6.73. The first kappa shape index (κ1) is 19.3. The molecule has 2 aromatic rings. The molecule has 0 bridgehead atoms. The Balaban J connectivity index is 1.21.